The Morgan fingerprint density at radius 2 is 1.64 bits per heavy atom. The third-order valence-corrected chi connectivity index (χ3v) is 7.13. The minimum absolute atomic E-state index is 0.00995. The Morgan fingerprint density at radius 3 is 2.33 bits per heavy atom. The molecule has 0 spiro atoms. The number of nitrogens with zero attached hydrogens (tertiary/aromatic N) is 4. The molecule has 4 aromatic rings. The number of hydrogen-bond donors (Lipinski definition) is 2. The molecule has 186 valence electrons. The van der Waals surface area contributed by atoms with Gasteiger partial charge in [-0.3, -0.25) is 4.79 Å². The van der Waals surface area contributed by atoms with Gasteiger partial charge in [-0.15, -0.1) is 0 Å². The zero-order valence-electron chi connectivity index (χ0n) is 21.5. The molecule has 0 aliphatic heterocycles. The summed E-state index contributed by atoms with van der Waals surface area (Å²) in [4.78, 5) is 22.4. The molecule has 5 rings (SSSR count). The molecular weight excluding hydrogens is 448 g/mol. The van der Waals surface area contributed by atoms with Gasteiger partial charge in [0.15, 0.2) is 5.65 Å². The van der Waals surface area contributed by atoms with Crippen LogP contribution < -0.4 is 10.6 Å². The number of hydrogen-bond acceptors (Lipinski definition) is 5. The number of para-hydroxylation sites is 1. The second kappa shape index (κ2) is 10.1. The van der Waals surface area contributed by atoms with Crippen LogP contribution in [0.1, 0.15) is 65.6 Å². The molecule has 1 aliphatic rings. The monoisotopic (exact) mass is 482 g/mol. The van der Waals surface area contributed by atoms with Crippen LogP contribution in [0.2, 0.25) is 0 Å². The van der Waals surface area contributed by atoms with Crippen molar-refractivity contribution >= 4 is 22.8 Å². The molecule has 7 heteroatoms. The van der Waals surface area contributed by atoms with Crippen LogP contribution in [-0.4, -0.2) is 37.7 Å². The van der Waals surface area contributed by atoms with Gasteiger partial charge in [0.05, 0.1) is 16.8 Å². The number of aromatic nitrogens is 4. The molecular formula is C29H34N6O. The lowest BCUT2D eigenvalue weighted by molar-refractivity contribution is 0.0926. The van der Waals surface area contributed by atoms with Gasteiger partial charge in [0, 0.05) is 24.1 Å². The number of fused-ring (bicyclic) bond motifs is 1. The lowest BCUT2D eigenvalue weighted by Gasteiger charge is -2.30. The summed E-state index contributed by atoms with van der Waals surface area (Å²) in [6, 6.07) is 16.5. The van der Waals surface area contributed by atoms with E-state index in [2.05, 4.69) is 36.6 Å². The molecule has 0 atom stereocenters. The van der Waals surface area contributed by atoms with E-state index >= 15 is 0 Å². The summed E-state index contributed by atoms with van der Waals surface area (Å²) < 4.78 is 1.95. The van der Waals surface area contributed by atoms with Crippen LogP contribution in [0.4, 0.5) is 5.82 Å². The van der Waals surface area contributed by atoms with Crippen molar-refractivity contribution in [2.75, 3.05) is 5.32 Å². The first-order chi connectivity index (χ1) is 17.4. The van der Waals surface area contributed by atoms with Crippen molar-refractivity contribution in [3.8, 4) is 5.69 Å². The minimum atomic E-state index is 0.00995. The Hall–Kier alpha value is -3.74. The van der Waals surface area contributed by atoms with E-state index in [-0.39, 0.29) is 11.9 Å². The molecule has 36 heavy (non-hydrogen) atoms. The highest BCUT2D eigenvalue weighted by atomic mass is 16.1. The number of amides is 1. The van der Waals surface area contributed by atoms with Crippen molar-refractivity contribution in [1.29, 1.82) is 0 Å². The van der Waals surface area contributed by atoms with Crippen molar-refractivity contribution in [3.05, 3.63) is 76.7 Å². The maximum Gasteiger partial charge on any atom is 0.251 e. The maximum atomic E-state index is 12.6. The maximum absolute atomic E-state index is 12.6. The third kappa shape index (κ3) is 4.83. The molecule has 0 bridgehead atoms. The fourth-order valence-corrected chi connectivity index (χ4v) is 5.01. The fourth-order valence-electron chi connectivity index (χ4n) is 5.01. The molecule has 2 heterocycles. The minimum Gasteiger partial charge on any atom is -0.367 e. The zero-order valence-corrected chi connectivity index (χ0v) is 21.5. The van der Waals surface area contributed by atoms with E-state index in [9.17, 15) is 4.79 Å². The molecule has 0 radical (unpaired) electrons. The van der Waals surface area contributed by atoms with Gasteiger partial charge in [-0.1, -0.05) is 42.8 Å². The van der Waals surface area contributed by atoms with Crippen LogP contribution in [0.3, 0.4) is 0 Å². The molecule has 7 nitrogen and oxygen atoms in total. The highest BCUT2D eigenvalue weighted by molar-refractivity contribution is 5.94. The van der Waals surface area contributed by atoms with Crippen molar-refractivity contribution in [2.45, 2.75) is 71.9 Å². The molecule has 2 aromatic carbocycles. The Kier molecular flexibility index (Phi) is 6.72. The molecule has 0 unspecified atom stereocenters. The summed E-state index contributed by atoms with van der Waals surface area (Å²) in [5.41, 5.74) is 5.82. The quantitative estimate of drug-likeness (QED) is 0.381. The van der Waals surface area contributed by atoms with Gasteiger partial charge < -0.3 is 10.6 Å². The van der Waals surface area contributed by atoms with Crippen LogP contribution >= 0.6 is 0 Å². The van der Waals surface area contributed by atoms with Crippen LogP contribution in [0.5, 0.6) is 0 Å². The zero-order chi connectivity index (χ0) is 25.2. The van der Waals surface area contributed by atoms with E-state index in [1.54, 1.807) is 0 Å². The van der Waals surface area contributed by atoms with Crippen LogP contribution in [0, 0.1) is 20.8 Å². The largest absolute Gasteiger partial charge is 0.367 e. The number of benzene rings is 2. The highest BCUT2D eigenvalue weighted by Crippen LogP contribution is 2.30. The third-order valence-electron chi connectivity index (χ3n) is 7.13. The average Bonchev–Trinajstić information content (AvgIpc) is 3.22. The molecule has 1 aliphatic carbocycles. The molecule has 1 saturated carbocycles. The predicted molar refractivity (Wildman–Crippen MR) is 144 cm³/mol. The summed E-state index contributed by atoms with van der Waals surface area (Å²) >= 11 is 0. The number of carbonyl (C=O) groups is 1. The van der Waals surface area contributed by atoms with E-state index in [0.29, 0.717) is 6.04 Å². The number of anilines is 1. The van der Waals surface area contributed by atoms with E-state index in [1.807, 2.05) is 54.9 Å². The molecule has 2 aromatic heterocycles. The topological polar surface area (TPSA) is 84.7 Å². The second-order valence-electron chi connectivity index (χ2n) is 9.86. The Morgan fingerprint density at radius 1 is 0.944 bits per heavy atom. The van der Waals surface area contributed by atoms with Gasteiger partial charge in [-0.2, -0.15) is 5.10 Å². The summed E-state index contributed by atoms with van der Waals surface area (Å²) in [7, 11) is 0. The Labute approximate surface area is 212 Å². The number of aryl methyl sites for hydroxylation is 4. The van der Waals surface area contributed by atoms with Gasteiger partial charge in [0.1, 0.15) is 11.6 Å². The molecule has 0 saturated heterocycles. The Balaban J connectivity index is 1.33. The number of nitrogens with one attached hydrogen (secondary N) is 2. The van der Waals surface area contributed by atoms with E-state index in [0.717, 1.165) is 82.9 Å². The van der Waals surface area contributed by atoms with E-state index in [4.69, 9.17) is 15.1 Å². The summed E-state index contributed by atoms with van der Waals surface area (Å²) in [5.74, 6) is 1.68. The summed E-state index contributed by atoms with van der Waals surface area (Å²) in [5, 5.41) is 12.8. The lowest BCUT2D eigenvalue weighted by atomic mass is 9.91. The van der Waals surface area contributed by atoms with Gasteiger partial charge in [0.2, 0.25) is 0 Å². The first kappa shape index (κ1) is 24.0. The normalized spacial score (nSPS) is 17.8. The second-order valence-corrected chi connectivity index (χ2v) is 9.86. The first-order valence-electron chi connectivity index (χ1n) is 12.9. The molecule has 1 fully saturated rings. The Bertz CT molecular complexity index is 1380. The van der Waals surface area contributed by atoms with Crippen molar-refractivity contribution in [2.24, 2.45) is 0 Å². The van der Waals surface area contributed by atoms with E-state index in [1.165, 1.54) is 0 Å². The lowest BCUT2D eigenvalue weighted by Crippen LogP contribution is -2.40. The van der Waals surface area contributed by atoms with E-state index < -0.39 is 0 Å². The highest BCUT2D eigenvalue weighted by Gasteiger charge is 2.25. The van der Waals surface area contributed by atoms with Crippen molar-refractivity contribution < 1.29 is 4.79 Å². The van der Waals surface area contributed by atoms with Crippen LogP contribution in [0.15, 0.2) is 48.5 Å². The SMILES string of the molecule is CCc1nc(NC2CCC(NC(=O)c3ccc(C)cc3)CC2)c2c(C)nn(-c3ccccc3C)c2n1. The fraction of sp³-hybridized carbons (Fsp3) is 0.379. The average molecular weight is 483 g/mol. The van der Waals surface area contributed by atoms with Gasteiger partial charge in [-0.05, 0) is 70.2 Å². The van der Waals surface area contributed by atoms with Crippen LogP contribution in [-0.2, 0) is 6.42 Å². The summed E-state index contributed by atoms with van der Waals surface area (Å²) in [6.07, 6.45) is 4.56. The first-order valence-corrected chi connectivity index (χ1v) is 12.9. The number of carbonyl (C=O) groups excluding carboxylic acids is 1. The van der Waals surface area contributed by atoms with Gasteiger partial charge in [0.25, 0.3) is 5.91 Å². The molecule has 1 amide bonds. The van der Waals surface area contributed by atoms with Crippen molar-refractivity contribution in [1.82, 2.24) is 25.1 Å². The number of rotatable bonds is 6. The molecule has 2 N–H and O–H groups in total. The predicted octanol–water partition coefficient (Wildman–Crippen LogP) is 5.46. The smallest absolute Gasteiger partial charge is 0.251 e. The summed E-state index contributed by atoms with van der Waals surface area (Å²) in [6.45, 7) is 8.22. The van der Waals surface area contributed by atoms with Crippen LogP contribution in [0.25, 0.3) is 16.7 Å². The van der Waals surface area contributed by atoms with Gasteiger partial charge >= 0.3 is 0 Å². The standard InChI is InChI=1S/C29H34N6O/c1-5-25-32-27(26-20(4)34-35(28(26)33-25)24-9-7-6-8-19(24)3)30-22-14-16-23(17-15-22)31-29(36)21-12-10-18(2)11-13-21/h6-13,22-23H,5,14-17H2,1-4H3,(H,31,36)(H,30,32,33). The van der Waals surface area contributed by atoms with Crippen molar-refractivity contribution in [3.63, 3.8) is 0 Å². The van der Waals surface area contributed by atoms with Gasteiger partial charge in [-0.25, -0.2) is 14.6 Å².